The van der Waals surface area contributed by atoms with Gasteiger partial charge in [-0.1, -0.05) is 6.92 Å². The van der Waals surface area contributed by atoms with Gasteiger partial charge in [-0.3, -0.25) is 0 Å². The van der Waals surface area contributed by atoms with Gasteiger partial charge >= 0.3 is 5.97 Å². The van der Waals surface area contributed by atoms with Gasteiger partial charge in [0.25, 0.3) is 6.43 Å². The first-order valence-electron chi connectivity index (χ1n) is 6.11. The summed E-state index contributed by atoms with van der Waals surface area (Å²) in [6.45, 7) is 3.61. The van der Waals surface area contributed by atoms with Crippen molar-refractivity contribution < 1.29 is 22.7 Å². The molecule has 0 saturated heterocycles. The zero-order valence-electron chi connectivity index (χ0n) is 11.0. The molecule has 2 aromatic rings. The van der Waals surface area contributed by atoms with Crippen LogP contribution in [0.25, 0.3) is 10.8 Å². The fourth-order valence-electron chi connectivity index (χ4n) is 1.72. The van der Waals surface area contributed by atoms with E-state index in [2.05, 4.69) is 4.98 Å². The molecule has 0 unspecified atom stereocenters. The summed E-state index contributed by atoms with van der Waals surface area (Å²) in [7, 11) is 0. The van der Waals surface area contributed by atoms with Gasteiger partial charge in [-0.05, 0) is 30.4 Å². The van der Waals surface area contributed by atoms with Crippen molar-refractivity contribution in [3.8, 4) is 10.8 Å². The Balaban J connectivity index is 2.46. The molecule has 0 aromatic carbocycles. The summed E-state index contributed by atoms with van der Waals surface area (Å²) in [6, 6.07) is 1.87. The third kappa shape index (κ3) is 2.72. The van der Waals surface area contributed by atoms with Gasteiger partial charge in [-0.25, -0.2) is 18.6 Å². The largest absolute Gasteiger partial charge is 0.460 e. The Bertz CT molecular complexity index is 607. The minimum atomic E-state index is -2.89. The summed E-state index contributed by atoms with van der Waals surface area (Å²) in [5, 5.41) is 1.82. The minimum absolute atomic E-state index is 0.0372. The molecule has 0 radical (unpaired) electrons. The van der Waals surface area contributed by atoms with Crippen LogP contribution in [0.1, 0.15) is 42.1 Å². The van der Waals surface area contributed by atoms with Crippen LogP contribution in [0.5, 0.6) is 0 Å². The molecule has 0 aliphatic rings. The Morgan fingerprint density at radius 2 is 2.25 bits per heavy atom. The average molecular weight is 301 g/mol. The van der Waals surface area contributed by atoms with Gasteiger partial charge in [0.05, 0.1) is 11.5 Å². The molecule has 0 atom stereocenters. The molecule has 0 amide bonds. The summed E-state index contributed by atoms with van der Waals surface area (Å²) in [5.74, 6) is -1.40. The number of hydrogen-bond acceptors (Lipinski definition) is 5. The number of carbonyl (C=O) groups is 1. The second-order valence-electron chi connectivity index (χ2n) is 3.88. The Kier molecular flexibility index (Phi) is 4.49. The van der Waals surface area contributed by atoms with Crippen molar-refractivity contribution in [2.45, 2.75) is 26.7 Å². The van der Waals surface area contributed by atoms with E-state index in [0.29, 0.717) is 4.88 Å². The van der Waals surface area contributed by atoms with Crippen molar-refractivity contribution >= 4 is 17.3 Å². The predicted molar refractivity (Wildman–Crippen MR) is 70.1 cm³/mol. The lowest BCUT2D eigenvalue weighted by molar-refractivity contribution is 0.0476. The molecule has 0 saturated carbocycles. The number of rotatable bonds is 5. The smallest absolute Gasteiger partial charge is 0.376 e. The van der Waals surface area contributed by atoms with Crippen molar-refractivity contribution in [2.24, 2.45) is 0 Å². The van der Waals surface area contributed by atoms with Crippen LogP contribution in [0.15, 0.2) is 15.9 Å². The van der Waals surface area contributed by atoms with Gasteiger partial charge in [0.2, 0.25) is 11.7 Å². The summed E-state index contributed by atoms with van der Waals surface area (Å²) >= 11 is 1.33. The highest BCUT2D eigenvalue weighted by Crippen LogP contribution is 2.33. The lowest BCUT2D eigenvalue weighted by Gasteiger charge is -1.99. The molecule has 0 bridgehead atoms. The lowest BCUT2D eigenvalue weighted by Crippen LogP contribution is -2.06. The molecule has 2 aromatic heterocycles. The number of halogens is 2. The van der Waals surface area contributed by atoms with Crippen molar-refractivity contribution in [1.82, 2.24) is 4.98 Å². The van der Waals surface area contributed by atoms with Gasteiger partial charge in [0.15, 0.2) is 5.69 Å². The number of hydrogen-bond donors (Lipinski definition) is 0. The molecule has 0 spiro atoms. The van der Waals surface area contributed by atoms with Gasteiger partial charge < -0.3 is 9.15 Å². The topological polar surface area (TPSA) is 52.3 Å². The maximum Gasteiger partial charge on any atom is 0.376 e. The maximum atomic E-state index is 12.9. The zero-order valence-corrected chi connectivity index (χ0v) is 11.8. The van der Waals surface area contributed by atoms with Crippen LogP contribution in [-0.4, -0.2) is 17.6 Å². The van der Waals surface area contributed by atoms with Gasteiger partial charge in [0, 0.05) is 0 Å². The first-order chi connectivity index (χ1) is 9.58. The fourth-order valence-corrected chi connectivity index (χ4v) is 2.64. The summed E-state index contributed by atoms with van der Waals surface area (Å²) in [6.07, 6.45) is -2.17. The van der Waals surface area contributed by atoms with Crippen LogP contribution >= 0.6 is 11.3 Å². The van der Waals surface area contributed by atoms with Crippen LogP contribution in [0.3, 0.4) is 0 Å². The number of thiophene rings is 1. The Morgan fingerprint density at radius 1 is 1.50 bits per heavy atom. The highest BCUT2D eigenvalue weighted by Gasteiger charge is 2.28. The van der Waals surface area contributed by atoms with Gasteiger partial charge in [0.1, 0.15) is 0 Å². The number of oxazole rings is 1. The number of aromatic nitrogens is 1. The van der Waals surface area contributed by atoms with Crippen LogP contribution in [0.4, 0.5) is 8.78 Å². The van der Waals surface area contributed by atoms with Gasteiger partial charge in [-0.15, -0.1) is 11.3 Å². The van der Waals surface area contributed by atoms with Crippen molar-refractivity contribution in [2.75, 3.05) is 6.61 Å². The number of ether oxygens (including phenoxy) is 1. The van der Waals surface area contributed by atoms with E-state index in [1.165, 1.54) is 11.3 Å². The molecule has 20 heavy (non-hydrogen) atoms. The number of alkyl halides is 2. The predicted octanol–water partition coefficient (Wildman–Crippen LogP) is 4.08. The van der Waals surface area contributed by atoms with E-state index in [9.17, 15) is 13.6 Å². The van der Waals surface area contributed by atoms with Gasteiger partial charge in [-0.2, -0.15) is 0 Å². The Morgan fingerprint density at radius 3 is 2.85 bits per heavy atom. The molecule has 0 aliphatic heterocycles. The van der Waals surface area contributed by atoms with E-state index in [4.69, 9.17) is 9.15 Å². The zero-order chi connectivity index (χ0) is 14.7. The van der Waals surface area contributed by atoms with E-state index in [1.807, 2.05) is 18.4 Å². The molecular formula is C13H13F2NO3S. The van der Waals surface area contributed by atoms with Crippen LogP contribution in [0, 0.1) is 0 Å². The summed E-state index contributed by atoms with van der Waals surface area (Å²) < 4.78 is 35.8. The van der Waals surface area contributed by atoms with Crippen molar-refractivity contribution in [3.63, 3.8) is 0 Å². The molecule has 7 heteroatoms. The second kappa shape index (κ2) is 6.13. The Hall–Kier alpha value is -1.76. The quantitative estimate of drug-likeness (QED) is 0.781. The highest BCUT2D eigenvalue weighted by molar-refractivity contribution is 7.13. The summed E-state index contributed by atoms with van der Waals surface area (Å²) in [5.41, 5.74) is 0.265. The van der Waals surface area contributed by atoms with E-state index < -0.39 is 23.8 Å². The van der Waals surface area contributed by atoms with E-state index in [-0.39, 0.29) is 12.5 Å². The SMILES string of the molecule is CCOC(=O)c1oc(-c2sccc2CC)nc1C(F)F. The molecule has 0 N–H and O–H groups in total. The maximum absolute atomic E-state index is 12.9. The fraction of sp³-hybridized carbons (Fsp3) is 0.385. The van der Waals surface area contributed by atoms with Crippen LogP contribution in [0.2, 0.25) is 0 Å². The molecule has 4 nitrogen and oxygen atoms in total. The molecule has 0 aliphatic carbocycles. The number of carbonyl (C=O) groups excluding carboxylic acids is 1. The number of aryl methyl sites for hydroxylation is 1. The van der Waals surface area contributed by atoms with Crippen LogP contribution < -0.4 is 0 Å². The summed E-state index contributed by atoms with van der Waals surface area (Å²) in [4.78, 5) is 16.0. The number of esters is 1. The first-order valence-corrected chi connectivity index (χ1v) is 6.99. The monoisotopic (exact) mass is 301 g/mol. The Labute approximate surface area is 118 Å². The average Bonchev–Trinajstić information content (AvgIpc) is 3.04. The van der Waals surface area contributed by atoms with Crippen molar-refractivity contribution in [3.05, 3.63) is 28.5 Å². The molecule has 2 heterocycles. The van der Waals surface area contributed by atoms with E-state index >= 15 is 0 Å². The molecule has 108 valence electrons. The van der Waals surface area contributed by atoms with Crippen molar-refractivity contribution in [1.29, 1.82) is 0 Å². The molecular weight excluding hydrogens is 288 g/mol. The highest BCUT2D eigenvalue weighted by atomic mass is 32.1. The second-order valence-corrected chi connectivity index (χ2v) is 4.80. The normalized spacial score (nSPS) is 11.1. The first kappa shape index (κ1) is 14.6. The third-order valence-corrected chi connectivity index (χ3v) is 3.59. The minimum Gasteiger partial charge on any atom is -0.460 e. The standard InChI is InChI=1S/C13H13F2NO3S/c1-3-7-5-6-20-10(7)12-16-8(11(14)15)9(19-12)13(17)18-4-2/h5-6,11H,3-4H2,1-2H3. The molecule has 2 rings (SSSR count). The van der Waals surface area contributed by atoms with Crippen LogP contribution in [-0.2, 0) is 11.2 Å². The number of nitrogens with zero attached hydrogens (tertiary/aromatic N) is 1. The molecule has 0 fully saturated rings. The lowest BCUT2D eigenvalue weighted by atomic mass is 10.2. The third-order valence-electron chi connectivity index (χ3n) is 2.64. The van der Waals surface area contributed by atoms with E-state index in [0.717, 1.165) is 12.0 Å². The van der Waals surface area contributed by atoms with E-state index in [1.54, 1.807) is 6.92 Å².